The normalized spacial score (nSPS) is 17.9. The van der Waals surface area contributed by atoms with E-state index in [4.69, 9.17) is 5.73 Å². The fourth-order valence-electron chi connectivity index (χ4n) is 2.15. The molecule has 0 saturated carbocycles. The lowest BCUT2D eigenvalue weighted by atomic mass is 10.1. The molecular weight excluding hydrogens is 300 g/mol. The van der Waals surface area contributed by atoms with E-state index in [1.54, 1.807) is 17.7 Å². The Morgan fingerprint density at radius 3 is 2.88 bits per heavy atom. The van der Waals surface area contributed by atoms with Crippen molar-refractivity contribution in [3.8, 4) is 0 Å². The van der Waals surface area contributed by atoms with Crippen LogP contribution in [0, 0.1) is 0 Å². The third-order valence-corrected chi connectivity index (χ3v) is 5.00. The van der Waals surface area contributed by atoms with Gasteiger partial charge in [0.2, 0.25) is 0 Å². The third kappa shape index (κ3) is 2.05. The van der Waals surface area contributed by atoms with E-state index >= 15 is 0 Å². The number of piperidine rings is 1. The molecule has 0 radical (unpaired) electrons. The summed E-state index contributed by atoms with van der Waals surface area (Å²) in [5, 5.41) is 2.07. The molecule has 2 N–H and O–H groups in total. The van der Waals surface area contributed by atoms with Gasteiger partial charge in [-0.1, -0.05) is 0 Å². The highest BCUT2D eigenvalue weighted by atomic mass is 79.9. The monoisotopic (exact) mass is 312 g/mol. The molecule has 2 aromatic rings. The van der Waals surface area contributed by atoms with Crippen LogP contribution in [-0.2, 0) is 0 Å². The molecule has 17 heavy (non-hydrogen) atoms. The lowest BCUT2D eigenvalue weighted by Gasteiger charge is -2.31. The summed E-state index contributed by atoms with van der Waals surface area (Å²) < 4.78 is 2.21. The summed E-state index contributed by atoms with van der Waals surface area (Å²) in [6.07, 6.45) is 3.72. The van der Waals surface area contributed by atoms with Crippen LogP contribution in [0.3, 0.4) is 0 Å². The van der Waals surface area contributed by atoms with Gasteiger partial charge in [0.25, 0.3) is 0 Å². The summed E-state index contributed by atoms with van der Waals surface area (Å²) in [6.45, 7) is 1.98. The lowest BCUT2D eigenvalue weighted by molar-refractivity contribution is 0.499. The van der Waals surface area contributed by atoms with Gasteiger partial charge in [-0.25, -0.2) is 9.97 Å². The van der Waals surface area contributed by atoms with Crippen molar-refractivity contribution in [1.82, 2.24) is 9.97 Å². The highest BCUT2D eigenvalue weighted by Crippen LogP contribution is 2.34. The molecule has 3 heterocycles. The first-order valence-electron chi connectivity index (χ1n) is 5.64. The molecule has 4 nitrogen and oxygen atoms in total. The SMILES string of the molecule is NC1CCN(c2ncnc3c(Br)csc23)CC1. The van der Waals surface area contributed by atoms with Crippen molar-refractivity contribution in [2.45, 2.75) is 18.9 Å². The predicted octanol–water partition coefficient (Wildman–Crippen LogP) is 2.38. The fraction of sp³-hybridized carbons (Fsp3) is 0.455. The zero-order valence-electron chi connectivity index (χ0n) is 9.27. The zero-order chi connectivity index (χ0) is 11.8. The predicted molar refractivity (Wildman–Crippen MR) is 74.5 cm³/mol. The summed E-state index contributed by atoms with van der Waals surface area (Å²) in [6, 6.07) is 0.346. The first kappa shape index (κ1) is 11.4. The third-order valence-electron chi connectivity index (χ3n) is 3.13. The molecule has 0 bridgehead atoms. The molecule has 0 unspecified atom stereocenters. The zero-order valence-corrected chi connectivity index (χ0v) is 11.7. The van der Waals surface area contributed by atoms with Gasteiger partial charge in [-0.05, 0) is 28.8 Å². The van der Waals surface area contributed by atoms with Crippen molar-refractivity contribution in [3.63, 3.8) is 0 Å². The number of halogens is 1. The molecule has 0 aromatic carbocycles. The van der Waals surface area contributed by atoms with Gasteiger partial charge in [0, 0.05) is 24.5 Å². The van der Waals surface area contributed by atoms with Crippen LogP contribution < -0.4 is 10.6 Å². The van der Waals surface area contributed by atoms with Gasteiger partial charge in [0.15, 0.2) is 0 Å². The van der Waals surface area contributed by atoms with Crippen LogP contribution in [-0.4, -0.2) is 29.1 Å². The second kappa shape index (κ2) is 4.51. The van der Waals surface area contributed by atoms with Crippen LogP contribution in [0.5, 0.6) is 0 Å². The summed E-state index contributed by atoms with van der Waals surface area (Å²) in [5.74, 6) is 1.05. The molecule has 6 heteroatoms. The first-order chi connectivity index (χ1) is 8.25. The van der Waals surface area contributed by atoms with E-state index in [2.05, 4.69) is 36.2 Å². The standard InChI is InChI=1S/C11H13BrN4S/c12-8-5-17-10-9(8)14-6-15-11(10)16-3-1-7(13)2-4-16/h5-7H,1-4,13H2. The van der Waals surface area contributed by atoms with Crippen molar-refractivity contribution in [2.75, 3.05) is 18.0 Å². The number of aromatic nitrogens is 2. The van der Waals surface area contributed by atoms with Gasteiger partial charge >= 0.3 is 0 Å². The number of hydrogen-bond acceptors (Lipinski definition) is 5. The first-order valence-corrected chi connectivity index (χ1v) is 7.31. The number of rotatable bonds is 1. The molecule has 90 valence electrons. The van der Waals surface area contributed by atoms with Gasteiger partial charge in [0.1, 0.15) is 17.7 Å². The van der Waals surface area contributed by atoms with Gasteiger partial charge in [-0.2, -0.15) is 0 Å². The van der Waals surface area contributed by atoms with Crippen molar-refractivity contribution >= 4 is 43.3 Å². The number of anilines is 1. The van der Waals surface area contributed by atoms with Crippen molar-refractivity contribution in [3.05, 3.63) is 16.2 Å². The van der Waals surface area contributed by atoms with Crippen LogP contribution in [0.4, 0.5) is 5.82 Å². The second-order valence-corrected chi connectivity index (χ2v) is 6.02. The highest BCUT2D eigenvalue weighted by molar-refractivity contribution is 9.10. The largest absolute Gasteiger partial charge is 0.355 e. The van der Waals surface area contributed by atoms with Gasteiger partial charge in [-0.3, -0.25) is 0 Å². The van der Waals surface area contributed by atoms with Crippen molar-refractivity contribution in [2.24, 2.45) is 5.73 Å². The van der Waals surface area contributed by atoms with Crippen LogP contribution in [0.2, 0.25) is 0 Å². The summed E-state index contributed by atoms with van der Waals surface area (Å²) in [5.41, 5.74) is 6.94. The van der Waals surface area contributed by atoms with Crippen LogP contribution in [0.15, 0.2) is 16.2 Å². The Morgan fingerprint density at radius 2 is 2.12 bits per heavy atom. The van der Waals surface area contributed by atoms with Crippen LogP contribution in [0.1, 0.15) is 12.8 Å². The molecule has 0 aliphatic carbocycles. The molecule has 0 spiro atoms. The topological polar surface area (TPSA) is 55.0 Å². The molecule has 1 fully saturated rings. The Hall–Kier alpha value is -0.720. The van der Waals surface area contributed by atoms with Crippen LogP contribution in [0.25, 0.3) is 10.2 Å². The summed E-state index contributed by atoms with van der Waals surface area (Å²) in [7, 11) is 0. The van der Waals surface area contributed by atoms with E-state index in [0.717, 1.165) is 46.4 Å². The Labute approximate surface area is 112 Å². The van der Waals surface area contributed by atoms with E-state index in [1.807, 2.05) is 0 Å². The fourth-order valence-corrected chi connectivity index (χ4v) is 3.75. The maximum absolute atomic E-state index is 5.93. The summed E-state index contributed by atoms with van der Waals surface area (Å²) >= 11 is 5.21. The maximum atomic E-state index is 5.93. The van der Waals surface area contributed by atoms with Gasteiger partial charge < -0.3 is 10.6 Å². The maximum Gasteiger partial charge on any atom is 0.150 e. The van der Waals surface area contributed by atoms with Crippen molar-refractivity contribution < 1.29 is 0 Å². The Bertz CT molecular complexity index is 533. The molecule has 0 atom stereocenters. The second-order valence-electron chi connectivity index (χ2n) is 4.28. The molecule has 2 aromatic heterocycles. The molecule has 3 rings (SSSR count). The Kier molecular flexibility index (Phi) is 3.02. The van der Waals surface area contributed by atoms with E-state index in [9.17, 15) is 0 Å². The van der Waals surface area contributed by atoms with Crippen LogP contribution >= 0.6 is 27.3 Å². The highest BCUT2D eigenvalue weighted by Gasteiger charge is 2.20. The smallest absolute Gasteiger partial charge is 0.150 e. The number of thiophene rings is 1. The van der Waals surface area contributed by atoms with E-state index in [0.29, 0.717) is 6.04 Å². The Morgan fingerprint density at radius 1 is 1.35 bits per heavy atom. The average molecular weight is 313 g/mol. The molecule has 1 aliphatic rings. The molecule has 1 saturated heterocycles. The number of fused-ring (bicyclic) bond motifs is 1. The van der Waals surface area contributed by atoms with Gasteiger partial charge in [-0.15, -0.1) is 11.3 Å². The van der Waals surface area contributed by atoms with Gasteiger partial charge in [0.05, 0.1) is 9.17 Å². The molecular formula is C11H13BrN4S. The van der Waals surface area contributed by atoms with E-state index < -0.39 is 0 Å². The number of nitrogens with zero attached hydrogens (tertiary/aromatic N) is 3. The quantitative estimate of drug-likeness (QED) is 0.878. The lowest BCUT2D eigenvalue weighted by Crippen LogP contribution is -2.40. The minimum Gasteiger partial charge on any atom is -0.355 e. The van der Waals surface area contributed by atoms with E-state index in [-0.39, 0.29) is 0 Å². The number of nitrogens with two attached hydrogens (primary N) is 1. The summed E-state index contributed by atoms with van der Waals surface area (Å²) in [4.78, 5) is 11.1. The minimum absolute atomic E-state index is 0.346. The molecule has 0 amide bonds. The van der Waals surface area contributed by atoms with Crippen molar-refractivity contribution in [1.29, 1.82) is 0 Å². The average Bonchev–Trinajstić information content (AvgIpc) is 2.73. The van der Waals surface area contributed by atoms with E-state index in [1.165, 1.54) is 0 Å². The Balaban J connectivity index is 2.00. The molecule has 1 aliphatic heterocycles. The minimum atomic E-state index is 0.346. The number of hydrogen-bond donors (Lipinski definition) is 1.